The molecule has 2 heterocycles. The fourth-order valence-electron chi connectivity index (χ4n) is 3.15. The van der Waals surface area contributed by atoms with Gasteiger partial charge in [-0.25, -0.2) is 0 Å². The standard InChI is InChI=1S/C19H23N3OS2/c1-13(22(2)12-14-7-6-10-24-14)18(23)21-19-16(11-20)15-8-4-3-5-9-17(15)25-19/h6-7,10,13H,3-5,8-9,12H2,1-2H3,(H,21,23)/t13-/m0/s1. The second-order valence-electron chi connectivity index (χ2n) is 6.54. The van der Waals surface area contributed by atoms with E-state index in [4.69, 9.17) is 0 Å². The normalized spacial score (nSPS) is 15.3. The van der Waals surface area contributed by atoms with Crippen LogP contribution in [0.5, 0.6) is 0 Å². The smallest absolute Gasteiger partial charge is 0.242 e. The maximum atomic E-state index is 12.7. The lowest BCUT2D eigenvalue weighted by atomic mass is 10.1. The van der Waals surface area contributed by atoms with Gasteiger partial charge in [-0.15, -0.1) is 22.7 Å². The average molecular weight is 374 g/mol. The number of fused-ring (bicyclic) bond motifs is 1. The van der Waals surface area contributed by atoms with E-state index < -0.39 is 0 Å². The molecule has 0 saturated heterocycles. The van der Waals surface area contributed by atoms with Crippen LogP contribution in [-0.2, 0) is 24.2 Å². The molecule has 0 spiro atoms. The molecule has 0 aromatic carbocycles. The zero-order valence-electron chi connectivity index (χ0n) is 14.7. The van der Waals surface area contributed by atoms with E-state index in [0.717, 1.165) is 30.8 Å². The summed E-state index contributed by atoms with van der Waals surface area (Å²) in [5.74, 6) is -0.0491. The molecule has 0 fully saturated rings. The molecule has 2 aromatic heterocycles. The van der Waals surface area contributed by atoms with Crippen LogP contribution in [0.25, 0.3) is 0 Å². The zero-order valence-corrected chi connectivity index (χ0v) is 16.3. The predicted molar refractivity (Wildman–Crippen MR) is 104 cm³/mol. The van der Waals surface area contributed by atoms with Crippen molar-refractivity contribution < 1.29 is 4.79 Å². The zero-order chi connectivity index (χ0) is 17.8. The highest BCUT2D eigenvalue weighted by Crippen LogP contribution is 2.37. The third kappa shape index (κ3) is 4.12. The number of carbonyl (C=O) groups is 1. The number of nitrogens with one attached hydrogen (secondary N) is 1. The second-order valence-corrected chi connectivity index (χ2v) is 8.68. The molecule has 0 saturated carbocycles. The van der Waals surface area contributed by atoms with Crippen molar-refractivity contribution in [2.45, 2.75) is 51.6 Å². The Morgan fingerprint density at radius 2 is 2.20 bits per heavy atom. The summed E-state index contributed by atoms with van der Waals surface area (Å²) in [7, 11) is 1.96. The Balaban J connectivity index is 1.71. The Morgan fingerprint density at radius 3 is 2.92 bits per heavy atom. The SMILES string of the molecule is C[C@@H](C(=O)Nc1sc2c(c1C#N)CCCCC2)N(C)Cc1cccs1. The molecule has 1 N–H and O–H groups in total. The molecule has 0 radical (unpaired) electrons. The van der Waals surface area contributed by atoms with Crippen molar-refractivity contribution >= 4 is 33.6 Å². The summed E-state index contributed by atoms with van der Waals surface area (Å²) < 4.78 is 0. The number of hydrogen-bond acceptors (Lipinski definition) is 5. The lowest BCUT2D eigenvalue weighted by Crippen LogP contribution is -2.39. The number of rotatable bonds is 5. The summed E-state index contributed by atoms with van der Waals surface area (Å²) in [6, 6.07) is 6.17. The van der Waals surface area contributed by atoms with Crippen molar-refractivity contribution in [2.75, 3.05) is 12.4 Å². The van der Waals surface area contributed by atoms with Crippen LogP contribution in [0.15, 0.2) is 17.5 Å². The van der Waals surface area contributed by atoms with Crippen LogP contribution >= 0.6 is 22.7 Å². The fraction of sp³-hybridized carbons (Fsp3) is 0.474. The molecule has 1 aliphatic rings. The van der Waals surface area contributed by atoms with E-state index in [-0.39, 0.29) is 11.9 Å². The van der Waals surface area contributed by atoms with Crippen molar-refractivity contribution in [3.8, 4) is 6.07 Å². The van der Waals surface area contributed by atoms with Gasteiger partial charge in [0.05, 0.1) is 11.6 Å². The molecule has 0 unspecified atom stereocenters. The number of nitriles is 1. The van der Waals surface area contributed by atoms with Gasteiger partial charge in [0.15, 0.2) is 0 Å². The first-order valence-electron chi connectivity index (χ1n) is 8.68. The van der Waals surface area contributed by atoms with Crippen LogP contribution in [-0.4, -0.2) is 23.9 Å². The molecule has 2 aromatic rings. The highest BCUT2D eigenvalue weighted by Gasteiger charge is 2.24. The van der Waals surface area contributed by atoms with Crippen molar-refractivity contribution in [1.82, 2.24) is 4.90 Å². The van der Waals surface area contributed by atoms with E-state index >= 15 is 0 Å². The number of thiophene rings is 2. The highest BCUT2D eigenvalue weighted by atomic mass is 32.1. The van der Waals surface area contributed by atoms with E-state index in [1.165, 1.54) is 28.2 Å². The fourth-order valence-corrected chi connectivity index (χ4v) is 5.16. The minimum Gasteiger partial charge on any atom is -0.315 e. The molecule has 4 nitrogen and oxygen atoms in total. The summed E-state index contributed by atoms with van der Waals surface area (Å²) in [5.41, 5.74) is 1.85. The molecule has 0 aliphatic heterocycles. The van der Waals surface area contributed by atoms with Gasteiger partial charge in [-0.3, -0.25) is 9.69 Å². The van der Waals surface area contributed by atoms with Gasteiger partial charge in [0.1, 0.15) is 11.1 Å². The predicted octanol–water partition coefficient (Wildman–Crippen LogP) is 4.41. The van der Waals surface area contributed by atoms with Gasteiger partial charge in [0, 0.05) is 16.3 Å². The lowest BCUT2D eigenvalue weighted by Gasteiger charge is -2.23. The first-order valence-corrected chi connectivity index (χ1v) is 10.4. The van der Waals surface area contributed by atoms with E-state index in [9.17, 15) is 10.1 Å². The van der Waals surface area contributed by atoms with Gasteiger partial charge in [-0.05, 0) is 56.7 Å². The molecule has 0 bridgehead atoms. The van der Waals surface area contributed by atoms with E-state index in [1.54, 1.807) is 22.7 Å². The first-order chi connectivity index (χ1) is 12.1. The second kappa shape index (κ2) is 8.13. The Bertz CT molecular complexity index is 773. The topological polar surface area (TPSA) is 56.1 Å². The van der Waals surface area contributed by atoms with Gasteiger partial charge in [-0.1, -0.05) is 12.5 Å². The first kappa shape index (κ1) is 18.1. The van der Waals surface area contributed by atoms with Gasteiger partial charge >= 0.3 is 0 Å². The molecular formula is C19H23N3OS2. The Morgan fingerprint density at radius 1 is 1.40 bits per heavy atom. The number of likely N-dealkylation sites (N-methyl/N-ethyl adjacent to an activating group) is 1. The number of amides is 1. The van der Waals surface area contributed by atoms with Crippen LogP contribution in [0.2, 0.25) is 0 Å². The monoisotopic (exact) mass is 373 g/mol. The number of hydrogen-bond donors (Lipinski definition) is 1. The van der Waals surface area contributed by atoms with E-state index in [0.29, 0.717) is 5.56 Å². The molecule has 6 heteroatoms. The minimum atomic E-state index is -0.254. The van der Waals surface area contributed by atoms with Gasteiger partial charge in [0.25, 0.3) is 0 Å². The maximum Gasteiger partial charge on any atom is 0.242 e. The van der Waals surface area contributed by atoms with Gasteiger partial charge in [0.2, 0.25) is 5.91 Å². The van der Waals surface area contributed by atoms with E-state index in [2.05, 4.69) is 17.5 Å². The average Bonchev–Trinajstić information content (AvgIpc) is 3.15. The molecule has 1 amide bonds. The molecule has 3 rings (SSSR count). The summed E-state index contributed by atoms with van der Waals surface area (Å²) in [6.07, 6.45) is 5.51. The molecule has 1 aliphatic carbocycles. The summed E-state index contributed by atoms with van der Waals surface area (Å²) >= 11 is 3.29. The lowest BCUT2D eigenvalue weighted by molar-refractivity contribution is -0.120. The quantitative estimate of drug-likeness (QED) is 0.790. The maximum absolute atomic E-state index is 12.7. The van der Waals surface area contributed by atoms with E-state index in [1.807, 2.05) is 30.3 Å². The summed E-state index contributed by atoms with van der Waals surface area (Å²) in [4.78, 5) is 17.2. The highest BCUT2D eigenvalue weighted by molar-refractivity contribution is 7.16. The largest absolute Gasteiger partial charge is 0.315 e. The Kier molecular flexibility index (Phi) is 5.89. The van der Waals surface area contributed by atoms with Crippen LogP contribution in [0.4, 0.5) is 5.00 Å². The van der Waals surface area contributed by atoms with Gasteiger partial charge in [-0.2, -0.15) is 5.26 Å². The molecule has 25 heavy (non-hydrogen) atoms. The number of anilines is 1. The Labute approximate surface area is 157 Å². The number of aryl methyl sites for hydroxylation is 1. The molecular weight excluding hydrogens is 350 g/mol. The van der Waals surface area contributed by atoms with Gasteiger partial charge < -0.3 is 5.32 Å². The van der Waals surface area contributed by atoms with Crippen molar-refractivity contribution in [3.63, 3.8) is 0 Å². The third-order valence-electron chi connectivity index (χ3n) is 4.80. The van der Waals surface area contributed by atoms with Crippen LogP contribution in [0, 0.1) is 11.3 Å². The number of carbonyl (C=O) groups excluding carboxylic acids is 1. The van der Waals surface area contributed by atoms with Crippen LogP contribution in [0.1, 0.15) is 47.1 Å². The minimum absolute atomic E-state index is 0.0491. The van der Waals surface area contributed by atoms with Crippen molar-refractivity contribution in [2.24, 2.45) is 0 Å². The summed E-state index contributed by atoms with van der Waals surface area (Å²) in [6.45, 7) is 2.66. The molecule has 1 atom stereocenters. The molecule has 132 valence electrons. The third-order valence-corrected chi connectivity index (χ3v) is 6.86. The van der Waals surface area contributed by atoms with Crippen molar-refractivity contribution in [1.29, 1.82) is 5.26 Å². The summed E-state index contributed by atoms with van der Waals surface area (Å²) in [5, 5.41) is 15.4. The number of nitrogens with zero attached hydrogens (tertiary/aromatic N) is 2. The van der Waals surface area contributed by atoms with Crippen LogP contribution in [0.3, 0.4) is 0 Å². The van der Waals surface area contributed by atoms with Crippen molar-refractivity contribution in [3.05, 3.63) is 38.4 Å². The van der Waals surface area contributed by atoms with Crippen LogP contribution < -0.4 is 5.32 Å². The Hall–Kier alpha value is -1.68.